The standard InChI is InChI=1S/C11H20N4O/c1-9(7-16-3)15(2)11(6-12)10-4-5-13-8-14-10/h4-5,8-9,11H,6-7,12H2,1-3H3. The predicted octanol–water partition coefficient (Wildman–Crippen LogP) is 0.443. The molecule has 0 radical (unpaired) electrons. The van der Waals surface area contributed by atoms with E-state index in [-0.39, 0.29) is 6.04 Å². The minimum absolute atomic E-state index is 0.105. The number of nitrogens with two attached hydrogens (primary N) is 1. The summed E-state index contributed by atoms with van der Waals surface area (Å²) in [5.41, 5.74) is 6.74. The van der Waals surface area contributed by atoms with E-state index in [1.807, 2.05) is 13.1 Å². The van der Waals surface area contributed by atoms with Gasteiger partial charge in [-0.15, -0.1) is 0 Å². The SMILES string of the molecule is COCC(C)N(C)C(CN)c1ccncn1. The molecule has 0 saturated heterocycles. The zero-order valence-corrected chi connectivity index (χ0v) is 10.1. The Kier molecular flexibility index (Phi) is 5.31. The quantitative estimate of drug-likeness (QED) is 0.759. The van der Waals surface area contributed by atoms with Crippen LogP contribution in [0, 0.1) is 0 Å². The van der Waals surface area contributed by atoms with Gasteiger partial charge in [-0.2, -0.15) is 0 Å². The van der Waals surface area contributed by atoms with E-state index in [0.717, 1.165) is 5.69 Å². The lowest BCUT2D eigenvalue weighted by Crippen LogP contribution is -2.39. The highest BCUT2D eigenvalue weighted by Gasteiger charge is 2.20. The van der Waals surface area contributed by atoms with Crippen molar-refractivity contribution in [1.82, 2.24) is 14.9 Å². The van der Waals surface area contributed by atoms with E-state index in [2.05, 4.69) is 21.8 Å². The van der Waals surface area contributed by atoms with Gasteiger partial charge in [-0.05, 0) is 20.0 Å². The van der Waals surface area contributed by atoms with E-state index in [4.69, 9.17) is 10.5 Å². The molecule has 0 aromatic carbocycles. The maximum absolute atomic E-state index is 5.80. The van der Waals surface area contributed by atoms with Gasteiger partial charge in [-0.3, -0.25) is 4.90 Å². The Labute approximate surface area is 96.6 Å². The third kappa shape index (κ3) is 3.23. The van der Waals surface area contributed by atoms with E-state index in [1.54, 1.807) is 19.6 Å². The topological polar surface area (TPSA) is 64.3 Å². The molecule has 5 nitrogen and oxygen atoms in total. The van der Waals surface area contributed by atoms with Crippen LogP contribution in [0.1, 0.15) is 18.7 Å². The van der Waals surface area contributed by atoms with Crippen LogP contribution in [0.5, 0.6) is 0 Å². The molecule has 16 heavy (non-hydrogen) atoms. The van der Waals surface area contributed by atoms with Crippen LogP contribution < -0.4 is 5.73 Å². The summed E-state index contributed by atoms with van der Waals surface area (Å²) >= 11 is 0. The summed E-state index contributed by atoms with van der Waals surface area (Å²) in [5.74, 6) is 0. The summed E-state index contributed by atoms with van der Waals surface area (Å²) in [6, 6.07) is 2.30. The van der Waals surface area contributed by atoms with Gasteiger partial charge < -0.3 is 10.5 Å². The summed E-state index contributed by atoms with van der Waals surface area (Å²) < 4.78 is 5.14. The minimum Gasteiger partial charge on any atom is -0.383 e. The highest BCUT2D eigenvalue weighted by Crippen LogP contribution is 2.17. The number of hydrogen-bond acceptors (Lipinski definition) is 5. The zero-order chi connectivity index (χ0) is 12.0. The average Bonchev–Trinajstić information content (AvgIpc) is 2.31. The van der Waals surface area contributed by atoms with Crippen molar-refractivity contribution < 1.29 is 4.74 Å². The number of rotatable bonds is 6. The van der Waals surface area contributed by atoms with Crippen molar-refractivity contribution in [2.75, 3.05) is 27.3 Å². The molecule has 5 heteroatoms. The monoisotopic (exact) mass is 224 g/mol. The van der Waals surface area contributed by atoms with E-state index >= 15 is 0 Å². The summed E-state index contributed by atoms with van der Waals surface area (Å²) in [5, 5.41) is 0. The molecule has 1 aromatic rings. The smallest absolute Gasteiger partial charge is 0.115 e. The molecule has 0 fully saturated rings. The molecule has 0 aliphatic heterocycles. The van der Waals surface area contributed by atoms with Crippen molar-refractivity contribution in [3.05, 3.63) is 24.3 Å². The molecule has 0 spiro atoms. The van der Waals surface area contributed by atoms with E-state index in [0.29, 0.717) is 19.2 Å². The molecular formula is C11H20N4O. The van der Waals surface area contributed by atoms with Gasteiger partial charge in [0.25, 0.3) is 0 Å². The molecule has 2 atom stereocenters. The summed E-state index contributed by atoms with van der Waals surface area (Å²) in [6.45, 7) is 3.31. The molecule has 0 bridgehead atoms. The lowest BCUT2D eigenvalue weighted by Gasteiger charge is -2.31. The number of nitrogens with zero attached hydrogens (tertiary/aromatic N) is 3. The van der Waals surface area contributed by atoms with Crippen LogP contribution in [0.3, 0.4) is 0 Å². The molecule has 90 valence electrons. The normalized spacial score (nSPS) is 15.1. The second kappa shape index (κ2) is 6.52. The lowest BCUT2D eigenvalue weighted by atomic mass is 10.1. The van der Waals surface area contributed by atoms with Crippen LogP contribution in [0.2, 0.25) is 0 Å². The van der Waals surface area contributed by atoms with Crippen LogP contribution >= 0.6 is 0 Å². The fraction of sp³-hybridized carbons (Fsp3) is 0.636. The Morgan fingerprint density at radius 2 is 2.31 bits per heavy atom. The Bertz CT molecular complexity index is 293. The Hall–Kier alpha value is -1.04. The molecular weight excluding hydrogens is 204 g/mol. The fourth-order valence-corrected chi connectivity index (χ4v) is 1.66. The maximum Gasteiger partial charge on any atom is 0.115 e. The Morgan fingerprint density at radius 3 is 2.81 bits per heavy atom. The van der Waals surface area contributed by atoms with Crippen molar-refractivity contribution in [1.29, 1.82) is 0 Å². The van der Waals surface area contributed by atoms with Gasteiger partial charge >= 0.3 is 0 Å². The average molecular weight is 224 g/mol. The van der Waals surface area contributed by atoms with E-state index in [1.165, 1.54) is 0 Å². The molecule has 1 aromatic heterocycles. The van der Waals surface area contributed by atoms with Gasteiger partial charge in [-0.25, -0.2) is 9.97 Å². The van der Waals surface area contributed by atoms with Gasteiger partial charge in [0.15, 0.2) is 0 Å². The van der Waals surface area contributed by atoms with Crippen molar-refractivity contribution in [2.45, 2.75) is 19.0 Å². The van der Waals surface area contributed by atoms with Gasteiger partial charge in [0.05, 0.1) is 18.3 Å². The molecule has 1 rings (SSSR count). The van der Waals surface area contributed by atoms with Crippen molar-refractivity contribution in [3.63, 3.8) is 0 Å². The zero-order valence-electron chi connectivity index (χ0n) is 10.1. The number of hydrogen-bond donors (Lipinski definition) is 1. The molecule has 0 amide bonds. The summed E-state index contributed by atoms with van der Waals surface area (Å²) in [4.78, 5) is 10.3. The van der Waals surface area contributed by atoms with Crippen LogP contribution in [-0.4, -0.2) is 48.2 Å². The van der Waals surface area contributed by atoms with Crippen molar-refractivity contribution in [3.8, 4) is 0 Å². The Balaban J connectivity index is 2.74. The first-order chi connectivity index (χ1) is 7.70. The first kappa shape index (κ1) is 13.0. The first-order valence-electron chi connectivity index (χ1n) is 5.37. The van der Waals surface area contributed by atoms with Gasteiger partial charge in [-0.1, -0.05) is 0 Å². The molecule has 0 saturated carbocycles. The number of likely N-dealkylation sites (N-methyl/N-ethyl adjacent to an activating group) is 1. The largest absolute Gasteiger partial charge is 0.383 e. The summed E-state index contributed by atoms with van der Waals surface area (Å²) in [6.07, 6.45) is 3.28. The van der Waals surface area contributed by atoms with Crippen LogP contribution in [0.15, 0.2) is 18.6 Å². The lowest BCUT2D eigenvalue weighted by molar-refractivity contribution is 0.0898. The molecule has 0 aliphatic carbocycles. The van der Waals surface area contributed by atoms with Crippen molar-refractivity contribution >= 4 is 0 Å². The molecule has 2 N–H and O–H groups in total. The fourth-order valence-electron chi connectivity index (χ4n) is 1.66. The van der Waals surface area contributed by atoms with E-state index < -0.39 is 0 Å². The third-order valence-electron chi connectivity index (χ3n) is 2.76. The molecule has 2 unspecified atom stereocenters. The minimum atomic E-state index is 0.105. The van der Waals surface area contributed by atoms with Gasteiger partial charge in [0.1, 0.15) is 6.33 Å². The Morgan fingerprint density at radius 1 is 1.56 bits per heavy atom. The third-order valence-corrected chi connectivity index (χ3v) is 2.76. The molecule has 0 aliphatic rings. The van der Waals surface area contributed by atoms with Crippen LogP contribution in [0.25, 0.3) is 0 Å². The van der Waals surface area contributed by atoms with Crippen LogP contribution in [-0.2, 0) is 4.74 Å². The maximum atomic E-state index is 5.80. The van der Waals surface area contributed by atoms with Gasteiger partial charge in [0.2, 0.25) is 0 Å². The van der Waals surface area contributed by atoms with E-state index in [9.17, 15) is 0 Å². The second-order valence-electron chi connectivity index (χ2n) is 3.86. The molecule has 1 heterocycles. The van der Waals surface area contributed by atoms with Crippen LogP contribution in [0.4, 0.5) is 0 Å². The summed E-state index contributed by atoms with van der Waals surface area (Å²) in [7, 11) is 3.73. The highest BCUT2D eigenvalue weighted by atomic mass is 16.5. The number of ether oxygens (including phenoxy) is 1. The van der Waals surface area contributed by atoms with Gasteiger partial charge in [0, 0.05) is 25.9 Å². The highest BCUT2D eigenvalue weighted by molar-refractivity contribution is 5.05. The number of aromatic nitrogens is 2. The predicted molar refractivity (Wildman–Crippen MR) is 62.9 cm³/mol. The number of methoxy groups -OCH3 is 1. The van der Waals surface area contributed by atoms with Crippen molar-refractivity contribution in [2.24, 2.45) is 5.73 Å². The second-order valence-corrected chi connectivity index (χ2v) is 3.86. The first-order valence-corrected chi connectivity index (χ1v) is 5.37.